The van der Waals surface area contributed by atoms with Gasteiger partial charge in [0.05, 0.1) is 11.9 Å². The maximum absolute atomic E-state index is 13.9. The van der Waals surface area contributed by atoms with Crippen LogP contribution in [0, 0.1) is 13.8 Å². The molecule has 0 aliphatic heterocycles. The van der Waals surface area contributed by atoms with Gasteiger partial charge in [0.25, 0.3) is 0 Å². The topological polar surface area (TPSA) is 86.8 Å². The summed E-state index contributed by atoms with van der Waals surface area (Å²) in [5.74, 6) is -0.366. The summed E-state index contributed by atoms with van der Waals surface area (Å²) >= 11 is 0. The van der Waals surface area contributed by atoms with E-state index >= 15 is 0 Å². The zero-order valence-electron chi connectivity index (χ0n) is 24.7. The fourth-order valence-corrected chi connectivity index (χ4v) is 5.83. The van der Waals surface area contributed by atoms with Crippen LogP contribution in [-0.4, -0.2) is 50.5 Å². The minimum absolute atomic E-state index is 0.108. The van der Waals surface area contributed by atoms with Crippen LogP contribution in [0.5, 0.6) is 0 Å². The molecule has 220 valence electrons. The minimum Gasteiger partial charge on any atom is -0.354 e. The second kappa shape index (κ2) is 15.4. The summed E-state index contributed by atoms with van der Waals surface area (Å²) in [4.78, 5) is 29.1. The minimum atomic E-state index is -3.56. The molecule has 0 aromatic heterocycles. The van der Waals surface area contributed by atoms with Gasteiger partial charge in [-0.15, -0.1) is 0 Å². The number of hydrogen-bond acceptors (Lipinski definition) is 4. The van der Waals surface area contributed by atoms with Crippen molar-refractivity contribution >= 4 is 27.5 Å². The molecule has 1 N–H and O–H groups in total. The quantitative estimate of drug-likeness (QED) is 0.245. The van der Waals surface area contributed by atoms with Crippen LogP contribution in [-0.2, 0) is 32.6 Å². The molecule has 2 amide bonds. The Bertz CT molecular complexity index is 1380. The van der Waals surface area contributed by atoms with Gasteiger partial charge in [0.15, 0.2) is 0 Å². The molecule has 0 radical (unpaired) electrons. The molecule has 0 saturated carbocycles. The Balaban J connectivity index is 1.86. The smallest absolute Gasteiger partial charge is 0.243 e. The van der Waals surface area contributed by atoms with Gasteiger partial charge < -0.3 is 10.2 Å². The molecule has 0 aliphatic carbocycles. The number of nitrogens with one attached hydrogen (secondary N) is 1. The Labute approximate surface area is 245 Å². The Hall–Kier alpha value is -3.65. The van der Waals surface area contributed by atoms with Crippen molar-refractivity contribution in [3.05, 3.63) is 101 Å². The summed E-state index contributed by atoms with van der Waals surface area (Å²) in [7, 11) is -3.56. The first kappa shape index (κ1) is 31.9. The number of carbonyl (C=O) groups is 2. The van der Waals surface area contributed by atoms with Gasteiger partial charge in [-0.05, 0) is 55.0 Å². The summed E-state index contributed by atoms with van der Waals surface area (Å²) in [6, 6.07) is 24.4. The molecule has 3 aromatic rings. The first-order chi connectivity index (χ1) is 19.6. The number of carbonyl (C=O) groups excluding carboxylic acids is 2. The van der Waals surface area contributed by atoms with Crippen LogP contribution in [0.4, 0.5) is 5.69 Å². The van der Waals surface area contributed by atoms with E-state index < -0.39 is 16.1 Å². The third-order valence-corrected chi connectivity index (χ3v) is 8.26. The highest BCUT2D eigenvalue weighted by Gasteiger charge is 2.30. The standard InChI is InChI=1S/C33H43N3O4S/c1-5-6-21-34-33(38)31(24-28-14-9-7-10-15-28)35(25-29-16-11-8-12-17-29)32(37)18-13-22-36(41(4,39)40)30-23-26(2)19-20-27(30)3/h7-12,14-17,19-20,23,31H,5-6,13,18,21-22,24-25H2,1-4H3,(H,34,38)/t31-/m1/s1. The molecule has 0 fully saturated rings. The molecule has 0 unspecified atom stereocenters. The fraction of sp³-hybridized carbons (Fsp3) is 0.394. The van der Waals surface area contributed by atoms with Crippen LogP contribution >= 0.6 is 0 Å². The van der Waals surface area contributed by atoms with Crippen molar-refractivity contribution < 1.29 is 18.0 Å². The maximum Gasteiger partial charge on any atom is 0.243 e. The first-order valence-electron chi connectivity index (χ1n) is 14.3. The van der Waals surface area contributed by atoms with E-state index in [9.17, 15) is 18.0 Å². The maximum atomic E-state index is 13.9. The number of unbranched alkanes of at least 4 members (excludes halogenated alkanes) is 1. The number of nitrogens with zero attached hydrogens (tertiary/aromatic N) is 2. The van der Waals surface area contributed by atoms with Crippen molar-refractivity contribution in [3.63, 3.8) is 0 Å². The van der Waals surface area contributed by atoms with Crippen LogP contribution in [0.3, 0.4) is 0 Å². The number of hydrogen-bond donors (Lipinski definition) is 1. The highest BCUT2D eigenvalue weighted by Crippen LogP contribution is 2.25. The lowest BCUT2D eigenvalue weighted by molar-refractivity contribution is -0.141. The Morgan fingerprint density at radius 2 is 1.51 bits per heavy atom. The SMILES string of the molecule is CCCCNC(=O)[C@@H](Cc1ccccc1)N(Cc1ccccc1)C(=O)CCCN(c1cc(C)ccc1C)S(C)(=O)=O. The lowest BCUT2D eigenvalue weighted by atomic mass is 10.0. The summed E-state index contributed by atoms with van der Waals surface area (Å²) in [5.41, 5.74) is 4.32. The van der Waals surface area contributed by atoms with E-state index in [2.05, 4.69) is 12.2 Å². The molecule has 0 heterocycles. The van der Waals surface area contributed by atoms with E-state index in [-0.39, 0.29) is 31.3 Å². The Morgan fingerprint density at radius 1 is 0.878 bits per heavy atom. The number of sulfonamides is 1. The number of benzene rings is 3. The van der Waals surface area contributed by atoms with Crippen LogP contribution in [0.25, 0.3) is 0 Å². The zero-order chi connectivity index (χ0) is 29.8. The molecular formula is C33H43N3O4S. The van der Waals surface area contributed by atoms with Crippen molar-refractivity contribution in [1.29, 1.82) is 0 Å². The molecule has 0 aliphatic rings. The monoisotopic (exact) mass is 577 g/mol. The third kappa shape index (κ3) is 9.74. The van der Waals surface area contributed by atoms with Gasteiger partial charge in [-0.25, -0.2) is 8.42 Å². The van der Waals surface area contributed by atoms with Gasteiger partial charge in [0, 0.05) is 32.5 Å². The zero-order valence-corrected chi connectivity index (χ0v) is 25.5. The molecular weight excluding hydrogens is 534 g/mol. The van der Waals surface area contributed by atoms with E-state index in [0.29, 0.717) is 25.1 Å². The molecule has 3 aromatic carbocycles. The van der Waals surface area contributed by atoms with Gasteiger partial charge in [-0.2, -0.15) is 0 Å². The summed E-state index contributed by atoms with van der Waals surface area (Å²) in [6.07, 6.45) is 3.81. The summed E-state index contributed by atoms with van der Waals surface area (Å²) in [6.45, 7) is 6.87. The average Bonchev–Trinajstić information content (AvgIpc) is 2.95. The van der Waals surface area contributed by atoms with Crippen LogP contribution < -0.4 is 9.62 Å². The second-order valence-corrected chi connectivity index (χ2v) is 12.5. The third-order valence-electron chi connectivity index (χ3n) is 7.08. The van der Waals surface area contributed by atoms with Crippen LogP contribution in [0.2, 0.25) is 0 Å². The van der Waals surface area contributed by atoms with Gasteiger partial charge in [0.2, 0.25) is 21.8 Å². The van der Waals surface area contributed by atoms with E-state index in [1.54, 1.807) is 4.90 Å². The predicted octanol–water partition coefficient (Wildman–Crippen LogP) is 5.41. The second-order valence-electron chi connectivity index (χ2n) is 10.6. The Kier molecular flexibility index (Phi) is 12.0. The van der Waals surface area contributed by atoms with E-state index in [1.807, 2.05) is 92.7 Å². The van der Waals surface area contributed by atoms with Crippen molar-refractivity contribution in [1.82, 2.24) is 10.2 Å². The molecule has 41 heavy (non-hydrogen) atoms. The highest BCUT2D eigenvalue weighted by molar-refractivity contribution is 7.92. The lowest BCUT2D eigenvalue weighted by Gasteiger charge is -2.32. The fourth-order valence-electron chi connectivity index (χ4n) is 4.81. The molecule has 7 nitrogen and oxygen atoms in total. The predicted molar refractivity (Wildman–Crippen MR) is 166 cm³/mol. The lowest BCUT2D eigenvalue weighted by Crippen LogP contribution is -2.50. The van der Waals surface area contributed by atoms with Gasteiger partial charge >= 0.3 is 0 Å². The van der Waals surface area contributed by atoms with Crippen LogP contribution in [0.1, 0.15) is 54.9 Å². The van der Waals surface area contributed by atoms with Crippen molar-refractivity contribution in [2.45, 2.75) is 65.5 Å². The van der Waals surface area contributed by atoms with E-state index in [4.69, 9.17) is 0 Å². The average molecular weight is 578 g/mol. The molecule has 0 spiro atoms. The Morgan fingerprint density at radius 3 is 2.12 bits per heavy atom. The number of rotatable bonds is 15. The van der Waals surface area contributed by atoms with E-state index in [1.165, 1.54) is 10.6 Å². The van der Waals surface area contributed by atoms with Crippen molar-refractivity contribution in [3.8, 4) is 0 Å². The van der Waals surface area contributed by atoms with Gasteiger partial charge in [-0.1, -0.05) is 86.1 Å². The van der Waals surface area contributed by atoms with Crippen molar-refractivity contribution in [2.24, 2.45) is 0 Å². The number of anilines is 1. The van der Waals surface area contributed by atoms with Crippen LogP contribution in [0.15, 0.2) is 78.9 Å². The highest BCUT2D eigenvalue weighted by atomic mass is 32.2. The largest absolute Gasteiger partial charge is 0.354 e. The normalized spacial score (nSPS) is 12.0. The summed E-state index contributed by atoms with van der Waals surface area (Å²) in [5, 5.41) is 3.03. The molecule has 8 heteroatoms. The molecule has 1 atom stereocenters. The first-order valence-corrected chi connectivity index (χ1v) is 16.1. The molecule has 0 bridgehead atoms. The van der Waals surface area contributed by atoms with Gasteiger partial charge in [-0.3, -0.25) is 13.9 Å². The number of amides is 2. The number of aryl methyl sites for hydroxylation is 2. The summed E-state index contributed by atoms with van der Waals surface area (Å²) < 4.78 is 26.9. The molecule has 0 saturated heterocycles. The van der Waals surface area contributed by atoms with E-state index in [0.717, 1.165) is 35.1 Å². The van der Waals surface area contributed by atoms with Crippen molar-refractivity contribution in [2.75, 3.05) is 23.7 Å². The molecule has 3 rings (SSSR count). The van der Waals surface area contributed by atoms with Gasteiger partial charge in [0.1, 0.15) is 6.04 Å².